The zero-order valence-electron chi connectivity index (χ0n) is 17.4. The minimum Gasteiger partial charge on any atom is -0.491 e. The smallest absolute Gasteiger partial charge is 0.329 e. The summed E-state index contributed by atoms with van der Waals surface area (Å²) in [4.78, 5) is 24.1. The van der Waals surface area contributed by atoms with Crippen LogP contribution in [0.1, 0.15) is 0 Å². The van der Waals surface area contributed by atoms with Gasteiger partial charge in [-0.25, -0.2) is 19.2 Å². The van der Waals surface area contributed by atoms with Crippen molar-refractivity contribution in [3.63, 3.8) is 0 Å². The standard InChI is InChI=1S/C22H22FN5O3S/c1-30-19-14-24-20(26-21(19)28-9-11-31-12-10-28)15-5-7-18(8-6-15)32-27-22(29)25-17-4-2-3-16(23)13-17/h2-8,13-14H,9-12H2,1H3,(H2,25,27,29). The molecule has 2 heterocycles. The molecule has 1 saturated heterocycles. The summed E-state index contributed by atoms with van der Waals surface area (Å²) in [6, 6.07) is 12.8. The lowest BCUT2D eigenvalue weighted by Crippen LogP contribution is -2.37. The van der Waals surface area contributed by atoms with Crippen molar-refractivity contribution in [2.24, 2.45) is 0 Å². The van der Waals surface area contributed by atoms with E-state index in [1.165, 1.54) is 18.2 Å². The molecule has 2 aromatic carbocycles. The van der Waals surface area contributed by atoms with Crippen LogP contribution in [0.3, 0.4) is 0 Å². The number of carbonyl (C=O) groups is 1. The molecule has 1 fully saturated rings. The number of hydrogen-bond donors (Lipinski definition) is 2. The van der Waals surface area contributed by atoms with Crippen LogP contribution in [0, 0.1) is 5.82 Å². The highest BCUT2D eigenvalue weighted by atomic mass is 32.2. The van der Waals surface area contributed by atoms with Gasteiger partial charge >= 0.3 is 6.03 Å². The number of ether oxygens (including phenoxy) is 2. The summed E-state index contributed by atoms with van der Waals surface area (Å²) in [5.41, 5.74) is 1.22. The normalized spacial score (nSPS) is 13.5. The third-order valence-electron chi connectivity index (χ3n) is 4.72. The molecular formula is C22H22FN5O3S. The molecule has 0 saturated carbocycles. The largest absolute Gasteiger partial charge is 0.491 e. The molecule has 32 heavy (non-hydrogen) atoms. The maximum absolute atomic E-state index is 13.2. The second-order valence-electron chi connectivity index (χ2n) is 6.88. The summed E-state index contributed by atoms with van der Waals surface area (Å²) in [6.07, 6.45) is 1.67. The van der Waals surface area contributed by atoms with Crippen LogP contribution in [-0.4, -0.2) is 49.4 Å². The second-order valence-corrected chi connectivity index (χ2v) is 7.76. The Morgan fingerprint density at radius 1 is 1.19 bits per heavy atom. The van der Waals surface area contributed by atoms with E-state index in [1.807, 2.05) is 24.3 Å². The van der Waals surface area contributed by atoms with E-state index in [4.69, 9.17) is 14.5 Å². The molecule has 4 rings (SSSR count). The van der Waals surface area contributed by atoms with E-state index in [9.17, 15) is 9.18 Å². The number of nitrogens with one attached hydrogen (secondary N) is 2. The molecule has 0 spiro atoms. The van der Waals surface area contributed by atoms with Gasteiger partial charge in [-0.3, -0.25) is 4.72 Å². The minimum absolute atomic E-state index is 0.381. The first-order valence-electron chi connectivity index (χ1n) is 9.96. The monoisotopic (exact) mass is 455 g/mol. The molecule has 166 valence electrons. The van der Waals surface area contributed by atoms with Crippen LogP contribution < -0.4 is 19.7 Å². The van der Waals surface area contributed by atoms with E-state index < -0.39 is 11.8 Å². The van der Waals surface area contributed by atoms with Crippen molar-refractivity contribution >= 4 is 29.5 Å². The lowest BCUT2D eigenvalue weighted by molar-refractivity contribution is 0.122. The van der Waals surface area contributed by atoms with Gasteiger partial charge in [0.15, 0.2) is 17.4 Å². The molecule has 2 amide bonds. The van der Waals surface area contributed by atoms with Gasteiger partial charge in [0.25, 0.3) is 0 Å². The highest BCUT2D eigenvalue weighted by Crippen LogP contribution is 2.29. The van der Waals surface area contributed by atoms with Crippen LogP contribution in [0.25, 0.3) is 11.4 Å². The van der Waals surface area contributed by atoms with Crippen LogP contribution in [0.15, 0.2) is 59.6 Å². The van der Waals surface area contributed by atoms with Gasteiger partial charge in [0, 0.05) is 29.2 Å². The number of halogens is 1. The molecule has 0 bridgehead atoms. The topological polar surface area (TPSA) is 88.6 Å². The van der Waals surface area contributed by atoms with E-state index in [0.29, 0.717) is 30.5 Å². The fourth-order valence-electron chi connectivity index (χ4n) is 3.15. The van der Waals surface area contributed by atoms with Crippen molar-refractivity contribution in [3.05, 3.63) is 60.5 Å². The third-order valence-corrected chi connectivity index (χ3v) is 5.52. The van der Waals surface area contributed by atoms with Gasteiger partial charge in [0.2, 0.25) is 0 Å². The number of methoxy groups -OCH3 is 1. The Labute approximate surface area is 189 Å². The molecule has 0 aliphatic carbocycles. The van der Waals surface area contributed by atoms with Crippen molar-refractivity contribution in [1.29, 1.82) is 0 Å². The Hall–Kier alpha value is -3.37. The van der Waals surface area contributed by atoms with Crippen molar-refractivity contribution in [2.75, 3.05) is 43.6 Å². The highest BCUT2D eigenvalue weighted by Gasteiger charge is 2.18. The molecule has 0 unspecified atom stereocenters. The molecule has 1 aromatic heterocycles. The summed E-state index contributed by atoms with van der Waals surface area (Å²) >= 11 is 1.15. The van der Waals surface area contributed by atoms with E-state index in [0.717, 1.165) is 41.3 Å². The summed E-state index contributed by atoms with van der Waals surface area (Å²) in [7, 11) is 1.60. The summed E-state index contributed by atoms with van der Waals surface area (Å²) in [6.45, 7) is 2.78. The zero-order chi connectivity index (χ0) is 22.3. The van der Waals surface area contributed by atoms with Gasteiger partial charge in [0.1, 0.15) is 5.82 Å². The number of urea groups is 1. The lowest BCUT2D eigenvalue weighted by Gasteiger charge is -2.28. The van der Waals surface area contributed by atoms with E-state index in [2.05, 4.69) is 19.9 Å². The molecule has 1 aliphatic rings. The Kier molecular flexibility index (Phi) is 7.03. The predicted molar refractivity (Wildman–Crippen MR) is 121 cm³/mol. The van der Waals surface area contributed by atoms with Crippen LogP contribution in [0.5, 0.6) is 5.75 Å². The highest BCUT2D eigenvalue weighted by molar-refractivity contribution is 7.98. The third kappa shape index (κ3) is 5.45. The number of aromatic nitrogens is 2. The minimum atomic E-state index is -0.446. The molecule has 2 N–H and O–H groups in total. The van der Waals surface area contributed by atoms with E-state index >= 15 is 0 Å². The molecule has 8 nitrogen and oxygen atoms in total. The maximum Gasteiger partial charge on any atom is 0.329 e. The zero-order valence-corrected chi connectivity index (χ0v) is 18.2. The number of benzene rings is 2. The van der Waals surface area contributed by atoms with Crippen LogP contribution in [0.4, 0.5) is 20.7 Å². The molecule has 10 heteroatoms. The molecule has 0 radical (unpaired) electrons. The van der Waals surface area contributed by atoms with Gasteiger partial charge in [-0.05, 0) is 42.3 Å². The Balaban J connectivity index is 1.40. The van der Waals surface area contributed by atoms with Crippen molar-refractivity contribution < 1.29 is 18.7 Å². The SMILES string of the molecule is COc1cnc(-c2ccc(SNC(=O)Nc3cccc(F)c3)cc2)nc1N1CCOCC1. The number of anilines is 2. The van der Waals surface area contributed by atoms with Crippen molar-refractivity contribution in [3.8, 4) is 17.1 Å². The average Bonchev–Trinajstić information content (AvgIpc) is 2.83. The number of nitrogens with zero attached hydrogens (tertiary/aromatic N) is 3. The number of morpholine rings is 1. The van der Waals surface area contributed by atoms with Gasteiger partial charge in [-0.2, -0.15) is 0 Å². The summed E-state index contributed by atoms with van der Waals surface area (Å²) in [5, 5.41) is 2.58. The summed E-state index contributed by atoms with van der Waals surface area (Å²) < 4.78 is 26.7. The first-order chi connectivity index (χ1) is 15.6. The van der Waals surface area contributed by atoms with Crippen molar-refractivity contribution in [2.45, 2.75) is 4.90 Å². The molecule has 0 atom stereocenters. The van der Waals surface area contributed by atoms with Crippen LogP contribution in [0.2, 0.25) is 0 Å². The van der Waals surface area contributed by atoms with Gasteiger partial charge in [-0.15, -0.1) is 0 Å². The van der Waals surface area contributed by atoms with Crippen LogP contribution in [-0.2, 0) is 4.74 Å². The quantitative estimate of drug-likeness (QED) is 0.544. The van der Waals surface area contributed by atoms with Crippen LogP contribution >= 0.6 is 11.9 Å². The first kappa shape index (κ1) is 21.8. The fourth-order valence-corrected chi connectivity index (χ4v) is 3.68. The number of rotatable bonds is 6. The number of hydrogen-bond acceptors (Lipinski definition) is 7. The average molecular weight is 456 g/mol. The summed E-state index contributed by atoms with van der Waals surface area (Å²) in [5.74, 6) is 1.54. The Morgan fingerprint density at radius 2 is 1.97 bits per heavy atom. The molecule has 1 aliphatic heterocycles. The fraction of sp³-hybridized carbons (Fsp3) is 0.227. The molecular weight excluding hydrogens is 433 g/mol. The van der Waals surface area contributed by atoms with Crippen molar-refractivity contribution in [1.82, 2.24) is 14.7 Å². The van der Waals surface area contributed by atoms with Gasteiger partial charge in [-0.1, -0.05) is 18.2 Å². The first-order valence-corrected chi connectivity index (χ1v) is 10.8. The number of carbonyl (C=O) groups excluding carboxylic acids is 1. The van der Waals surface area contributed by atoms with Gasteiger partial charge in [0.05, 0.1) is 26.5 Å². The number of amides is 2. The van der Waals surface area contributed by atoms with Gasteiger partial charge < -0.3 is 19.7 Å². The predicted octanol–water partition coefficient (Wildman–Crippen LogP) is 3.96. The molecule has 3 aromatic rings. The van der Waals surface area contributed by atoms with E-state index in [-0.39, 0.29) is 0 Å². The van der Waals surface area contributed by atoms with E-state index in [1.54, 1.807) is 19.4 Å². The Morgan fingerprint density at radius 3 is 2.69 bits per heavy atom. The maximum atomic E-state index is 13.2. The lowest BCUT2D eigenvalue weighted by atomic mass is 10.2. The second kappa shape index (κ2) is 10.3. The Bertz CT molecular complexity index is 1080.